The minimum Gasteiger partial charge on any atom is -0.465 e. The lowest BCUT2D eigenvalue weighted by molar-refractivity contribution is 0.0603. The number of rotatable bonds is 1. The number of aryl methyl sites for hydroxylation is 3. The molecule has 0 fully saturated rings. The number of aromatic nitrogens is 3. The van der Waals surface area contributed by atoms with Gasteiger partial charge in [-0.1, -0.05) is 11.6 Å². The summed E-state index contributed by atoms with van der Waals surface area (Å²) in [4.78, 5) is 16.1. The van der Waals surface area contributed by atoms with Crippen LogP contribution in [0.2, 0.25) is 5.02 Å². The fraction of sp³-hybridized carbons (Fsp3) is 0.364. The summed E-state index contributed by atoms with van der Waals surface area (Å²) in [5.74, 6) is -0.471. The lowest BCUT2D eigenvalue weighted by atomic mass is 10.1. The number of carbonyl (C=O) groups excluding carboxylic acids is 1. The van der Waals surface area contributed by atoms with Crippen molar-refractivity contribution < 1.29 is 9.53 Å². The van der Waals surface area contributed by atoms with Crippen molar-refractivity contribution in [3.63, 3.8) is 0 Å². The highest BCUT2D eigenvalue weighted by atomic mass is 35.5. The minimum absolute atomic E-state index is 0.320. The van der Waals surface area contributed by atoms with Gasteiger partial charge >= 0.3 is 5.97 Å². The van der Waals surface area contributed by atoms with Crippen LogP contribution < -0.4 is 0 Å². The molecule has 0 atom stereocenters. The van der Waals surface area contributed by atoms with Gasteiger partial charge in [-0.3, -0.25) is 4.68 Å². The quantitative estimate of drug-likeness (QED) is 0.730. The van der Waals surface area contributed by atoms with Gasteiger partial charge in [-0.25, -0.2) is 9.78 Å². The molecule has 2 aromatic heterocycles. The zero-order valence-electron chi connectivity index (χ0n) is 10.0. The van der Waals surface area contributed by atoms with E-state index in [1.807, 2.05) is 6.92 Å². The molecule has 2 aromatic rings. The molecule has 2 rings (SSSR count). The van der Waals surface area contributed by atoms with Gasteiger partial charge in [0.1, 0.15) is 0 Å². The summed E-state index contributed by atoms with van der Waals surface area (Å²) in [5, 5.41) is 5.21. The molecule has 0 N–H and O–H groups in total. The van der Waals surface area contributed by atoms with Crippen LogP contribution in [0.1, 0.15) is 21.7 Å². The molecule has 0 unspecified atom stereocenters. The summed E-state index contributed by atoms with van der Waals surface area (Å²) in [6.07, 6.45) is 0. The third kappa shape index (κ3) is 1.67. The molecule has 0 amide bonds. The maximum absolute atomic E-state index is 11.8. The average molecular weight is 254 g/mol. The van der Waals surface area contributed by atoms with Gasteiger partial charge in [0.05, 0.1) is 34.5 Å². The number of hydrogen-bond donors (Lipinski definition) is 0. The molecule has 6 heteroatoms. The molecule has 17 heavy (non-hydrogen) atoms. The molecule has 0 spiro atoms. The van der Waals surface area contributed by atoms with Crippen LogP contribution in [-0.2, 0) is 11.8 Å². The van der Waals surface area contributed by atoms with Crippen LogP contribution in [0, 0.1) is 13.8 Å². The molecule has 0 aromatic carbocycles. The third-order valence-electron chi connectivity index (χ3n) is 2.64. The number of fused-ring (bicyclic) bond motifs is 1. The van der Waals surface area contributed by atoms with E-state index < -0.39 is 5.97 Å². The van der Waals surface area contributed by atoms with Gasteiger partial charge < -0.3 is 4.74 Å². The van der Waals surface area contributed by atoms with Crippen LogP contribution in [0.4, 0.5) is 0 Å². The normalized spacial score (nSPS) is 10.9. The van der Waals surface area contributed by atoms with E-state index in [0.29, 0.717) is 33.0 Å². The standard InChI is InChI=1S/C11H12ClN3O2/c1-5-7-8(11(16)17-4)9(12)6(2)13-10(7)15(3)14-5/h1-4H3. The average Bonchev–Trinajstić information content (AvgIpc) is 2.55. The summed E-state index contributed by atoms with van der Waals surface area (Å²) in [6, 6.07) is 0. The summed E-state index contributed by atoms with van der Waals surface area (Å²) < 4.78 is 6.38. The smallest absolute Gasteiger partial charge is 0.340 e. The third-order valence-corrected chi connectivity index (χ3v) is 3.10. The van der Waals surface area contributed by atoms with E-state index in [4.69, 9.17) is 16.3 Å². The Morgan fingerprint density at radius 1 is 1.35 bits per heavy atom. The van der Waals surface area contributed by atoms with Crippen molar-refractivity contribution in [2.24, 2.45) is 7.05 Å². The number of carbonyl (C=O) groups is 1. The van der Waals surface area contributed by atoms with Gasteiger partial charge in [-0.05, 0) is 13.8 Å². The number of esters is 1. The molecule has 2 heterocycles. The molecule has 0 radical (unpaired) electrons. The first-order chi connectivity index (χ1) is 7.97. The highest BCUT2D eigenvalue weighted by Gasteiger charge is 2.22. The van der Waals surface area contributed by atoms with E-state index in [0.717, 1.165) is 0 Å². The minimum atomic E-state index is -0.471. The molecular weight excluding hydrogens is 242 g/mol. The Hall–Kier alpha value is -1.62. The van der Waals surface area contributed by atoms with Crippen molar-refractivity contribution in [1.29, 1.82) is 0 Å². The largest absolute Gasteiger partial charge is 0.465 e. The Balaban J connectivity index is 2.96. The zero-order valence-corrected chi connectivity index (χ0v) is 10.8. The second-order valence-corrected chi connectivity index (χ2v) is 4.16. The predicted octanol–water partition coefficient (Wildman–Crippen LogP) is 2.03. The van der Waals surface area contributed by atoms with Crippen LogP contribution in [0.15, 0.2) is 0 Å². The maximum Gasteiger partial charge on any atom is 0.340 e. The molecule has 0 bridgehead atoms. The van der Waals surface area contributed by atoms with Gasteiger partial charge in [0.2, 0.25) is 0 Å². The Labute approximate surface area is 103 Å². The first kappa shape index (κ1) is 11.9. The fourth-order valence-corrected chi connectivity index (χ4v) is 2.07. The van der Waals surface area contributed by atoms with E-state index >= 15 is 0 Å². The molecule has 0 aliphatic rings. The molecule has 5 nitrogen and oxygen atoms in total. The molecule has 0 aliphatic heterocycles. The van der Waals surface area contributed by atoms with Gasteiger partial charge in [-0.2, -0.15) is 5.10 Å². The van der Waals surface area contributed by atoms with E-state index in [1.165, 1.54) is 7.11 Å². The van der Waals surface area contributed by atoms with E-state index in [-0.39, 0.29) is 0 Å². The number of ether oxygens (including phenoxy) is 1. The van der Waals surface area contributed by atoms with Gasteiger partial charge in [0.25, 0.3) is 0 Å². The predicted molar refractivity (Wildman–Crippen MR) is 64.3 cm³/mol. The number of hydrogen-bond acceptors (Lipinski definition) is 4. The summed E-state index contributed by atoms with van der Waals surface area (Å²) >= 11 is 6.13. The number of halogens is 1. The molecule has 90 valence electrons. The zero-order chi connectivity index (χ0) is 12.7. The van der Waals surface area contributed by atoms with Crippen molar-refractivity contribution in [3.05, 3.63) is 22.0 Å². The summed E-state index contributed by atoms with van der Waals surface area (Å²) in [6.45, 7) is 3.55. The van der Waals surface area contributed by atoms with Gasteiger partial charge in [0.15, 0.2) is 5.65 Å². The number of pyridine rings is 1. The lowest BCUT2D eigenvalue weighted by Crippen LogP contribution is -2.06. The Morgan fingerprint density at radius 2 is 2.00 bits per heavy atom. The summed E-state index contributed by atoms with van der Waals surface area (Å²) in [7, 11) is 3.10. The summed E-state index contributed by atoms with van der Waals surface area (Å²) in [5.41, 5.74) is 2.26. The van der Waals surface area contributed by atoms with Gasteiger partial charge in [0, 0.05) is 7.05 Å². The van der Waals surface area contributed by atoms with Crippen molar-refractivity contribution in [2.75, 3.05) is 7.11 Å². The van der Waals surface area contributed by atoms with Crippen LogP contribution >= 0.6 is 11.6 Å². The Morgan fingerprint density at radius 3 is 2.59 bits per heavy atom. The first-order valence-corrected chi connectivity index (χ1v) is 5.43. The Kier molecular flexibility index (Phi) is 2.79. The number of methoxy groups -OCH3 is 1. The van der Waals surface area contributed by atoms with Crippen molar-refractivity contribution in [1.82, 2.24) is 14.8 Å². The van der Waals surface area contributed by atoms with Crippen molar-refractivity contribution >= 4 is 28.6 Å². The first-order valence-electron chi connectivity index (χ1n) is 5.05. The van der Waals surface area contributed by atoms with Gasteiger partial charge in [-0.15, -0.1) is 0 Å². The lowest BCUT2D eigenvalue weighted by Gasteiger charge is -2.07. The SMILES string of the molecule is COC(=O)c1c(Cl)c(C)nc2c1c(C)nn2C. The van der Waals surface area contributed by atoms with E-state index in [1.54, 1.807) is 18.7 Å². The number of nitrogens with zero attached hydrogens (tertiary/aromatic N) is 3. The highest BCUT2D eigenvalue weighted by Crippen LogP contribution is 2.29. The monoisotopic (exact) mass is 253 g/mol. The topological polar surface area (TPSA) is 57.0 Å². The second-order valence-electron chi connectivity index (χ2n) is 3.79. The van der Waals surface area contributed by atoms with E-state index in [2.05, 4.69) is 10.1 Å². The molecule has 0 saturated carbocycles. The Bertz CT molecular complexity index is 619. The molecule has 0 saturated heterocycles. The maximum atomic E-state index is 11.8. The van der Waals surface area contributed by atoms with Crippen molar-refractivity contribution in [2.45, 2.75) is 13.8 Å². The van der Waals surface area contributed by atoms with Crippen LogP contribution in [-0.4, -0.2) is 27.8 Å². The van der Waals surface area contributed by atoms with E-state index in [9.17, 15) is 4.79 Å². The van der Waals surface area contributed by atoms with Crippen LogP contribution in [0.25, 0.3) is 11.0 Å². The van der Waals surface area contributed by atoms with Crippen LogP contribution in [0.5, 0.6) is 0 Å². The second kappa shape index (κ2) is 4.00. The van der Waals surface area contributed by atoms with Crippen molar-refractivity contribution in [3.8, 4) is 0 Å². The fourth-order valence-electron chi connectivity index (χ4n) is 1.86. The van der Waals surface area contributed by atoms with Crippen LogP contribution in [0.3, 0.4) is 0 Å². The molecular formula is C11H12ClN3O2. The highest BCUT2D eigenvalue weighted by molar-refractivity contribution is 6.35. The molecule has 0 aliphatic carbocycles.